The van der Waals surface area contributed by atoms with Gasteiger partial charge in [0.05, 0.1) is 92.8 Å². The number of morpholine rings is 3. The Morgan fingerprint density at radius 2 is 0.986 bits per heavy atom. The van der Waals surface area contributed by atoms with Gasteiger partial charge in [0.25, 0.3) is 5.69 Å². The van der Waals surface area contributed by atoms with E-state index < -0.39 is 50.9 Å². The molecule has 0 bridgehead atoms. The number of benzene rings is 3. The van der Waals surface area contributed by atoms with Gasteiger partial charge in [-0.05, 0) is 76.7 Å². The van der Waals surface area contributed by atoms with Crippen LogP contribution in [0.1, 0.15) is 62.8 Å². The zero-order valence-corrected chi connectivity index (χ0v) is 42.8. The first-order valence-electron chi connectivity index (χ1n) is 22.5. The normalized spacial score (nSPS) is 15.2. The Kier molecular flexibility index (Phi) is 27.4. The molecule has 0 amide bonds. The predicted molar refractivity (Wildman–Crippen MR) is 269 cm³/mol. The molecule has 0 aromatic heterocycles. The topological polar surface area (TPSA) is 264 Å². The molecule has 20 nitrogen and oxygen atoms in total. The van der Waals surface area contributed by atoms with Crippen molar-refractivity contribution in [2.75, 3.05) is 118 Å². The summed E-state index contributed by atoms with van der Waals surface area (Å²) >= 11 is 0. The molecule has 3 heterocycles. The van der Waals surface area contributed by atoms with Crippen molar-refractivity contribution in [1.82, 2.24) is 10.2 Å². The van der Waals surface area contributed by atoms with E-state index in [0.29, 0.717) is 67.9 Å². The van der Waals surface area contributed by atoms with Crippen molar-refractivity contribution in [3.05, 3.63) is 80.6 Å². The van der Waals surface area contributed by atoms with Gasteiger partial charge in [-0.15, -0.1) is 0 Å². The Morgan fingerprint density at radius 1 is 0.623 bits per heavy atom. The summed E-state index contributed by atoms with van der Waals surface area (Å²) < 4.78 is 98.2. The van der Waals surface area contributed by atoms with Gasteiger partial charge in [0, 0.05) is 63.5 Å². The summed E-state index contributed by atoms with van der Waals surface area (Å²) in [6, 6.07) is 12.9. The highest BCUT2D eigenvalue weighted by atomic mass is 32.2. The second-order valence-electron chi connectivity index (χ2n) is 15.8. The monoisotopic (exact) mass is 1040 g/mol. The smallest absolute Gasteiger partial charge is 0.306 e. The maximum Gasteiger partial charge on any atom is 0.306 e. The molecule has 3 saturated heterocycles. The van der Waals surface area contributed by atoms with Crippen molar-refractivity contribution >= 4 is 57.9 Å². The molecule has 3 N–H and O–H groups in total. The quantitative estimate of drug-likeness (QED) is 0.0858. The van der Waals surface area contributed by atoms with E-state index >= 15 is 0 Å². The minimum absolute atomic E-state index is 0. The number of nitro benzene ring substituents is 2. The molecule has 0 radical (unpaired) electrons. The fourth-order valence-corrected chi connectivity index (χ4v) is 9.62. The van der Waals surface area contributed by atoms with Gasteiger partial charge in [-0.2, -0.15) is 4.39 Å². The molecule has 0 unspecified atom stereocenters. The molecule has 0 aliphatic carbocycles. The molecule has 69 heavy (non-hydrogen) atoms. The van der Waals surface area contributed by atoms with E-state index in [1.165, 1.54) is 26.0 Å². The molecule has 3 aliphatic heterocycles. The third-order valence-corrected chi connectivity index (χ3v) is 15.9. The van der Waals surface area contributed by atoms with Gasteiger partial charge < -0.3 is 35.1 Å². The van der Waals surface area contributed by atoms with Crippen LogP contribution in [0.2, 0.25) is 0 Å². The van der Waals surface area contributed by atoms with Crippen molar-refractivity contribution in [1.29, 1.82) is 0 Å². The highest BCUT2D eigenvalue weighted by Crippen LogP contribution is 2.32. The van der Waals surface area contributed by atoms with Crippen LogP contribution in [0.4, 0.5) is 32.8 Å². The number of halogens is 1. The molecule has 3 aromatic rings. The van der Waals surface area contributed by atoms with Crippen LogP contribution in [0.15, 0.2) is 69.3 Å². The zero-order chi connectivity index (χ0) is 51.2. The van der Waals surface area contributed by atoms with E-state index in [9.17, 15) is 49.9 Å². The maximum absolute atomic E-state index is 12.9. The average molecular weight is 1040 g/mol. The van der Waals surface area contributed by atoms with E-state index in [1.54, 1.807) is 25.1 Å². The largest absolute Gasteiger partial charge is 0.397 e. The summed E-state index contributed by atoms with van der Waals surface area (Å²) in [5, 5.41) is 24.7. The second kappa shape index (κ2) is 30.2. The fourth-order valence-electron chi connectivity index (χ4n) is 6.90. The minimum atomic E-state index is -3.54. The van der Waals surface area contributed by atoms with E-state index in [1.807, 2.05) is 4.90 Å². The first kappa shape index (κ1) is 62.5. The molecular formula is C45H74FN7O13S3. The summed E-state index contributed by atoms with van der Waals surface area (Å²) in [5.74, 6) is -1.23. The van der Waals surface area contributed by atoms with Crippen LogP contribution in [0.3, 0.4) is 0 Å². The number of ether oxygens (including phenoxy) is 3. The van der Waals surface area contributed by atoms with Gasteiger partial charge in [0.15, 0.2) is 29.5 Å². The van der Waals surface area contributed by atoms with Gasteiger partial charge in [-0.1, -0.05) is 35.1 Å². The molecule has 392 valence electrons. The van der Waals surface area contributed by atoms with Gasteiger partial charge in [0.2, 0.25) is 5.82 Å². The van der Waals surface area contributed by atoms with Crippen molar-refractivity contribution in [2.24, 2.45) is 0 Å². The third kappa shape index (κ3) is 20.0. The number of nitrogens with two attached hydrogens (primary N) is 1. The molecule has 6 rings (SSSR count). The Labute approximate surface area is 408 Å². The van der Waals surface area contributed by atoms with Gasteiger partial charge in [0.1, 0.15) is 5.69 Å². The highest BCUT2D eigenvalue weighted by Gasteiger charge is 2.25. The Bertz CT molecular complexity index is 2380. The number of anilines is 3. The van der Waals surface area contributed by atoms with E-state index in [0.717, 1.165) is 75.9 Å². The van der Waals surface area contributed by atoms with E-state index in [4.69, 9.17) is 19.9 Å². The Morgan fingerprint density at radius 3 is 1.30 bits per heavy atom. The number of hydrogen-bond donors (Lipinski definition) is 2. The number of nitro groups is 2. The lowest BCUT2D eigenvalue weighted by Gasteiger charge is -2.30. The van der Waals surface area contributed by atoms with Crippen LogP contribution < -0.4 is 20.9 Å². The third-order valence-electron chi connectivity index (χ3n) is 10.7. The van der Waals surface area contributed by atoms with E-state index in [2.05, 4.69) is 49.7 Å². The lowest BCUT2D eigenvalue weighted by atomic mass is 10.2. The summed E-state index contributed by atoms with van der Waals surface area (Å²) in [6.45, 7) is 25.7. The van der Waals surface area contributed by atoms with Crippen LogP contribution >= 0.6 is 0 Å². The Balaban J connectivity index is 0.000000451. The summed E-state index contributed by atoms with van der Waals surface area (Å²) in [7, 11) is -10.2. The average Bonchev–Trinajstić information content (AvgIpc) is 3.33. The Hall–Kier alpha value is -4.56. The van der Waals surface area contributed by atoms with Crippen LogP contribution in [-0.2, 0) is 43.7 Å². The maximum atomic E-state index is 12.9. The van der Waals surface area contributed by atoms with Crippen molar-refractivity contribution in [3.8, 4) is 0 Å². The molecule has 0 saturated carbocycles. The van der Waals surface area contributed by atoms with Crippen LogP contribution in [0, 0.1) is 26.0 Å². The standard InChI is InChI=1S/C12H16N2O5S.C12H18N2O3S.C8H8FNO4S.C8H19N.C4H9NO.CH4/c1-2-20(17,18)10-3-4-11(12(9-10)14(15)16)13-5-7-19-8-6-13;1-2-18(15,16)10-3-4-12(11(13)9-10)14-5-7-17-8-6-14;1-2-15(13,14)6-3-4-7(9)8(5-6)10(11)12;1-6-9(7(2)3)8(4)5;1-3-6-4-2-5-1;/h3-4,9H,2,5-8H2,1H3;3-4,9H,2,5-8,13H2,1H3;3-5H,2H2,1H3;7-8H,6H2,1-5H3;5H,1-4H2;1H4. The molecule has 3 fully saturated rings. The second-order valence-corrected chi connectivity index (χ2v) is 22.6. The number of nitrogen functional groups attached to an aromatic ring is 1. The van der Waals surface area contributed by atoms with Crippen molar-refractivity contribution < 1.29 is 53.7 Å². The van der Waals surface area contributed by atoms with Crippen molar-refractivity contribution in [3.63, 3.8) is 0 Å². The first-order valence-corrected chi connectivity index (χ1v) is 27.4. The van der Waals surface area contributed by atoms with Gasteiger partial charge in [-0.25, -0.2) is 25.3 Å². The zero-order valence-electron chi connectivity index (χ0n) is 40.4. The molecule has 0 atom stereocenters. The minimum Gasteiger partial charge on any atom is -0.397 e. The number of rotatable bonds is 13. The SMILES string of the molecule is C.C1COCCN1.CCN(C(C)C)C(C)C.CCS(=O)(=O)c1ccc(F)c([N+](=O)[O-])c1.CCS(=O)(=O)c1ccc(N2CCOCC2)c(N)c1.CCS(=O)(=O)c1ccc(N2CCOCC2)c([N+](=O)[O-])c1. The molecule has 0 spiro atoms. The lowest BCUT2D eigenvalue weighted by Crippen LogP contribution is -2.36. The number of nitrogens with zero attached hydrogens (tertiary/aromatic N) is 5. The fraction of sp³-hybridized carbons (Fsp3) is 0.600. The van der Waals surface area contributed by atoms with Crippen LogP contribution in [0.5, 0.6) is 0 Å². The van der Waals surface area contributed by atoms with Gasteiger partial charge in [-0.3, -0.25) is 25.1 Å². The number of nitrogens with one attached hydrogen (secondary N) is 1. The first-order chi connectivity index (χ1) is 32.0. The van der Waals surface area contributed by atoms with Crippen molar-refractivity contribution in [2.45, 2.75) is 89.6 Å². The molecule has 3 aromatic carbocycles. The summed E-state index contributed by atoms with van der Waals surface area (Å²) in [6.07, 6.45) is 0. The predicted octanol–water partition coefficient (Wildman–Crippen LogP) is 6.02. The lowest BCUT2D eigenvalue weighted by molar-refractivity contribution is -0.387. The number of hydrogen-bond acceptors (Lipinski definition) is 18. The van der Waals surface area contributed by atoms with E-state index in [-0.39, 0.29) is 40.2 Å². The van der Waals surface area contributed by atoms with Crippen LogP contribution in [0.25, 0.3) is 0 Å². The van der Waals surface area contributed by atoms with Crippen LogP contribution in [-0.4, -0.2) is 155 Å². The number of sulfone groups is 3. The van der Waals surface area contributed by atoms with Gasteiger partial charge >= 0.3 is 5.69 Å². The molecule has 3 aliphatic rings. The highest BCUT2D eigenvalue weighted by molar-refractivity contribution is 7.92. The molecule has 24 heteroatoms. The summed E-state index contributed by atoms with van der Waals surface area (Å²) in [5.41, 5.74) is 6.78. The summed E-state index contributed by atoms with van der Waals surface area (Å²) in [4.78, 5) is 26.5. The molecular weight excluding hydrogens is 962 g/mol.